The summed E-state index contributed by atoms with van der Waals surface area (Å²) in [6.07, 6.45) is 1.99. The molecule has 3 fully saturated rings. The van der Waals surface area contributed by atoms with E-state index in [1.54, 1.807) is 4.90 Å². The second kappa shape index (κ2) is 12.9. The number of halogens is 2. The molecule has 3 saturated heterocycles. The van der Waals surface area contributed by atoms with Crippen molar-refractivity contribution in [3.63, 3.8) is 0 Å². The summed E-state index contributed by atoms with van der Waals surface area (Å²) in [5.74, 6) is -3.33. The van der Waals surface area contributed by atoms with Crippen molar-refractivity contribution in [3.8, 4) is 5.75 Å². The number of nitrogens with zero attached hydrogens (tertiary/aromatic N) is 4. The number of fused-ring (bicyclic) bond motifs is 4. The summed E-state index contributed by atoms with van der Waals surface area (Å²) in [6, 6.07) is 3.15. The van der Waals surface area contributed by atoms with Gasteiger partial charge in [0.1, 0.15) is 30.0 Å². The van der Waals surface area contributed by atoms with Crippen molar-refractivity contribution < 1.29 is 42.1 Å². The van der Waals surface area contributed by atoms with Gasteiger partial charge in [0.2, 0.25) is 18.0 Å². The zero-order valence-electron chi connectivity index (χ0n) is 24.0. The first-order valence-corrected chi connectivity index (χ1v) is 14.6. The lowest BCUT2D eigenvalue weighted by Crippen LogP contribution is -2.50. The lowest BCUT2D eigenvalue weighted by atomic mass is 10.1. The number of amides is 2. The molecule has 0 aliphatic carbocycles. The van der Waals surface area contributed by atoms with Crippen LogP contribution in [0.2, 0.25) is 0 Å². The molecule has 4 aliphatic rings. The van der Waals surface area contributed by atoms with Gasteiger partial charge < -0.3 is 33.7 Å². The third-order valence-electron chi connectivity index (χ3n) is 8.44. The lowest BCUT2D eigenvalue weighted by molar-refractivity contribution is -0.00816. The van der Waals surface area contributed by atoms with E-state index in [0.29, 0.717) is 32.4 Å². The van der Waals surface area contributed by atoms with Crippen molar-refractivity contribution in [2.75, 3.05) is 59.3 Å². The number of carbonyl (C=O) groups is 3. The minimum Gasteiger partial charge on any atom is -0.451 e. The normalized spacial score (nSPS) is 21.4. The monoisotopic (exact) mass is 617 g/mol. The number of benzene rings is 1. The molecule has 0 radical (unpaired) electrons. The molecule has 1 N–H and O–H groups in total. The number of pyridine rings is 1. The molecule has 4 aliphatic heterocycles. The van der Waals surface area contributed by atoms with Gasteiger partial charge in [-0.1, -0.05) is 6.07 Å². The molecule has 1 aromatic heterocycles. The lowest BCUT2D eigenvalue weighted by Gasteiger charge is -2.36. The SMILES string of the molecule is O=C(OCCN1CCOCC1)OCOc1c2n(cc(C(=O)NCc3ccc(F)cc3F)c1=O)C[C@@H]1N(C[C@H]3CCCN31)C2=O. The molecule has 0 saturated carbocycles. The van der Waals surface area contributed by atoms with Gasteiger partial charge in [-0.05, 0) is 18.9 Å². The van der Waals surface area contributed by atoms with Gasteiger partial charge in [-0.15, -0.1) is 0 Å². The summed E-state index contributed by atoms with van der Waals surface area (Å²) >= 11 is 0. The minimum atomic E-state index is -1.02. The molecule has 0 spiro atoms. The fourth-order valence-corrected chi connectivity index (χ4v) is 6.20. The number of carbonyl (C=O) groups excluding carboxylic acids is 3. The standard InChI is InChI=1S/C29H33F2N5O8/c30-19-4-3-18(22(31)12-19)13-32-27(38)21-15-34-16-23-35-5-1-2-20(35)14-36(23)28(39)24(34)26(25(21)37)43-17-44-29(40)42-11-8-33-6-9-41-10-7-33/h3-4,12,15,20,23H,1-2,5-11,13-14,16-17H2,(H,32,38)/t20-,23+/m1/s1. The summed E-state index contributed by atoms with van der Waals surface area (Å²) in [6.45, 7) is 3.80. The van der Waals surface area contributed by atoms with Crippen LogP contribution in [0.4, 0.5) is 13.6 Å². The number of nitrogens with one attached hydrogen (secondary N) is 1. The predicted molar refractivity (Wildman–Crippen MR) is 148 cm³/mol. The Morgan fingerprint density at radius 1 is 1.07 bits per heavy atom. The second-order valence-corrected chi connectivity index (χ2v) is 11.1. The number of ether oxygens (including phenoxy) is 4. The average Bonchev–Trinajstić information content (AvgIpc) is 3.61. The van der Waals surface area contributed by atoms with Gasteiger partial charge in [-0.2, -0.15) is 0 Å². The molecule has 13 nitrogen and oxygen atoms in total. The van der Waals surface area contributed by atoms with Crippen LogP contribution < -0.4 is 15.5 Å². The number of aromatic nitrogens is 1. The molecule has 2 atom stereocenters. The van der Waals surface area contributed by atoms with E-state index in [4.69, 9.17) is 18.9 Å². The molecule has 0 bridgehead atoms. The Morgan fingerprint density at radius 3 is 2.68 bits per heavy atom. The van der Waals surface area contributed by atoms with E-state index in [2.05, 4.69) is 15.1 Å². The Balaban J connectivity index is 1.19. The molecular formula is C29H33F2N5O8. The van der Waals surface area contributed by atoms with Crippen molar-refractivity contribution >= 4 is 18.0 Å². The van der Waals surface area contributed by atoms with E-state index in [0.717, 1.165) is 38.5 Å². The van der Waals surface area contributed by atoms with Gasteiger partial charge in [0, 0.05) is 63.1 Å². The molecular weight excluding hydrogens is 584 g/mol. The Bertz CT molecular complexity index is 1500. The minimum absolute atomic E-state index is 0.0201. The van der Waals surface area contributed by atoms with Crippen LogP contribution in [0.5, 0.6) is 5.75 Å². The molecule has 44 heavy (non-hydrogen) atoms. The van der Waals surface area contributed by atoms with Crippen molar-refractivity contribution in [2.45, 2.75) is 38.1 Å². The largest absolute Gasteiger partial charge is 0.511 e. The quantitative estimate of drug-likeness (QED) is 0.323. The smallest absolute Gasteiger partial charge is 0.451 e. The zero-order chi connectivity index (χ0) is 30.8. The van der Waals surface area contributed by atoms with Crippen LogP contribution in [0.15, 0.2) is 29.2 Å². The first-order chi connectivity index (χ1) is 21.3. The van der Waals surface area contributed by atoms with E-state index in [-0.39, 0.29) is 48.7 Å². The molecule has 15 heteroatoms. The van der Waals surface area contributed by atoms with Gasteiger partial charge in [-0.3, -0.25) is 24.2 Å². The fraction of sp³-hybridized carbons (Fsp3) is 0.517. The van der Waals surface area contributed by atoms with Crippen LogP contribution in [-0.4, -0.2) is 109 Å². The highest BCUT2D eigenvalue weighted by Crippen LogP contribution is 2.35. The maximum absolute atomic E-state index is 14.1. The number of rotatable bonds is 9. The maximum Gasteiger partial charge on any atom is 0.511 e. The summed E-state index contributed by atoms with van der Waals surface area (Å²) in [4.78, 5) is 58.6. The summed E-state index contributed by atoms with van der Waals surface area (Å²) < 4.78 is 49.9. The van der Waals surface area contributed by atoms with Crippen molar-refractivity contribution in [2.24, 2.45) is 0 Å². The highest BCUT2D eigenvalue weighted by Gasteiger charge is 2.48. The Morgan fingerprint density at radius 2 is 1.89 bits per heavy atom. The molecule has 236 valence electrons. The highest BCUT2D eigenvalue weighted by atomic mass is 19.1. The van der Waals surface area contributed by atoms with Crippen LogP contribution in [-0.2, 0) is 27.3 Å². The van der Waals surface area contributed by atoms with Crippen LogP contribution in [0, 0.1) is 11.6 Å². The van der Waals surface area contributed by atoms with Gasteiger partial charge in [0.15, 0.2) is 5.69 Å². The third kappa shape index (κ3) is 6.12. The molecule has 6 rings (SSSR count). The van der Waals surface area contributed by atoms with Crippen LogP contribution in [0.1, 0.15) is 39.3 Å². The molecule has 2 amide bonds. The van der Waals surface area contributed by atoms with Crippen molar-refractivity contribution in [1.82, 2.24) is 24.6 Å². The van der Waals surface area contributed by atoms with E-state index in [1.807, 2.05) is 0 Å². The van der Waals surface area contributed by atoms with E-state index in [9.17, 15) is 28.0 Å². The maximum atomic E-state index is 14.1. The molecule has 5 heterocycles. The Kier molecular flexibility index (Phi) is 8.77. The summed E-state index contributed by atoms with van der Waals surface area (Å²) in [5.41, 5.74) is -1.29. The van der Waals surface area contributed by atoms with Gasteiger partial charge >= 0.3 is 6.16 Å². The topological polar surface area (TPSA) is 132 Å². The van der Waals surface area contributed by atoms with Crippen LogP contribution in [0.3, 0.4) is 0 Å². The average molecular weight is 618 g/mol. The van der Waals surface area contributed by atoms with Gasteiger partial charge in [0.05, 0.1) is 19.8 Å². The van der Waals surface area contributed by atoms with Crippen LogP contribution in [0.25, 0.3) is 0 Å². The number of hydrogen-bond donors (Lipinski definition) is 1. The zero-order valence-corrected chi connectivity index (χ0v) is 24.0. The van der Waals surface area contributed by atoms with Crippen molar-refractivity contribution in [1.29, 1.82) is 0 Å². The predicted octanol–water partition coefficient (Wildman–Crippen LogP) is 1.14. The second-order valence-electron chi connectivity index (χ2n) is 11.1. The summed E-state index contributed by atoms with van der Waals surface area (Å²) in [5, 5.41) is 2.48. The van der Waals surface area contributed by atoms with Gasteiger partial charge in [-0.25, -0.2) is 13.6 Å². The van der Waals surface area contributed by atoms with Crippen molar-refractivity contribution in [3.05, 3.63) is 63.1 Å². The van der Waals surface area contributed by atoms with Gasteiger partial charge in [0.25, 0.3) is 11.8 Å². The van der Waals surface area contributed by atoms with E-state index >= 15 is 0 Å². The first-order valence-electron chi connectivity index (χ1n) is 14.6. The Hall–Kier alpha value is -4.08. The Labute approximate surface area is 251 Å². The molecule has 0 unspecified atom stereocenters. The van der Waals surface area contributed by atoms with Crippen LogP contribution >= 0.6 is 0 Å². The number of hydrogen-bond acceptors (Lipinski definition) is 10. The fourth-order valence-electron chi connectivity index (χ4n) is 6.20. The highest BCUT2D eigenvalue weighted by molar-refractivity contribution is 5.99. The molecule has 1 aromatic carbocycles. The first kappa shape index (κ1) is 30.0. The molecule has 2 aromatic rings. The summed E-state index contributed by atoms with van der Waals surface area (Å²) in [7, 11) is 0. The third-order valence-corrected chi connectivity index (χ3v) is 8.44. The van der Waals surface area contributed by atoms with E-state index in [1.165, 1.54) is 16.8 Å². The van der Waals surface area contributed by atoms with E-state index < -0.39 is 47.6 Å². The number of morpholine rings is 1.